The zero-order chi connectivity index (χ0) is 12.2. The quantitative estimate of drug-likeness (QED) is 0.740. The van der Waals surface area contributed by atoms with Crippen LogP contribution in [0.1, 0.15) is 39.5 Å². The monoisotopic (exact) mass is 248 g/mol. The van der Waals surface area contributed by atoms with E-state index in [1.54, 1.807) is 0 Å². The second-order valence-electron chi connectivity index (χ2n) is 5.54. The van der Waals surface area contributed by atoms with Crippen molar-refractivity contribution in [1.82, 2.24) is 10.0 Å². The van der Waals surface area contributed by atoms with Crippen molar-refractivity contribution >= 4 is 10.0 Å². The fraction of sp³-hybridized carbons (Fsp3) is 1.00. The van der Waals surface area contributed by atoms with Gasteiger partial charge in [0.2, 0.25) is 10.0 Å². The predicted octanol–water partition coefficient (Wildman–Crippen LogP) is 1.09. The maximum atomic E-state index is 11.1. The largest absolute Gasteiger partial charge is 0.315 e. The molecule has 4 nitrogen and oxygen atoms in total. The van der Waals surface area contributed by atoms with Crippen LogP contribution in [-0.2, 0) is 10.0 Å². The van der Waals surface area contributed by atoms with Crippen molar-refractivity contribution in [3.63, 3.8) is 0 Å². The molecule has 2 N–H and O–H groups in total. The van der Waals surface area contributed by atoms with Crippen molar-refractivity contribution in [3.8, 4) is 0 Å². The Bertz CT molecular complexity index is 306. The molecule has 1 aliphatic carbocycles. The van der Waals surface area contributed by atoms with Gasteiger partial charge < -0.3 is 5.32 Å². The van der Waals surface area contributed by atoms with E-state index in [4.69, 9.17) is 0 Å². The second-order valence-corrected chi connectivity index (χ2v) is 7.29. The SMILES string of the molecule is CC(C)(CNCC1CCCC1)NS(C)(=O)=O. The van der Waals surface area contributed by atoms with Gasteiger partial charge in [-0.25, -0.2) is 13.1 Å². The average molecular weight is 248 g/mol. The molecule has 0 aromatic rings. The molecule has 0 bridgehead atoms. The Balaban J connectivity index is 2.24. The number of rotatable bonds is 6. The Hall–Kier alpha value is -0.130. The Morgan fingerprint density at radius 3 is 2.31 bits per heavy atom. The summed E-state index contributed by atoms with van der Waals surface area (Å²) in [7, 11) is -3.12. The van der Waals surface area contributed by atoms with Gasteiger partial charge >= 0.3 is 0 Å². The van der Waals surface area contributed by atoms with Crippen LogP contribution in [0.25, 0.3) is 0 Å². The van der Waals surface area contributed by atoms with Crippen LogP contribution >= 0.6 is 0 Å². The summed E-state index contributed by atoms with van der Waals surface area (Å²) in [5, 5.41) is 3.36. The first-order chi connectivity index (χ1) is 7.29. The smallest absolute Gasteiger partial charge is 0.209 e. The Labute approximate surface area is 99.2 Å². The molecular weight excluding hydrogens is 224 g/mol. The van der Waals surface area contributed by atoms with Crippen molar-refractivity contribution in [2.24, 2.45) is 5.92 Å². The van der Waals surface area contributed by atoms with Crippen molar-refractivity contribution in [2.45, 2.75) is 45.1 Å². The van der Waals surface area contributed by atoms with Crippen LogP contribution in [0.4, 0.5) is 0 Å². The molecule has 0 amide bonds. The molecule has 1 saturated carbocycles. The Morgan fingerprint density at radius 2 is 1.81 bits per heavy atom. The maximum Gasteiger partial charge on any atom is 0.209 e. The molecular formula is C11H24N2O2S. The van der Waals surface area contributed by atoms with Gasteiger partial charge in [0, 0.05) is 12.1 Å². The van der Waals surface area contributed by atoms with Gasteiger partial charge in [0.15, 0.2) is 0 Å². The van der Waals surface area contributed by atoms with Crippen molar-refractivity contribution < 1.29 is 8.42 Å². The summed E-state index contributed by atoms with van der Waals surface area (Å²) >= 11 is 0. The van der Waals surface area contributed by atoms with Crippen molar-refractivity contribution in [3.05, 3.63) is 0 Å². The number of nitrogens with one attached hydrogen (secondary N) is 2. The van der Waals surface area contributed by atoms with E-state index in [1.165, 1.54) is 31.9 Å². The van der Waals surface area contributed by atoms with Crippen molar-refractivity contribution in [1.29, 1.82) is 0 Å². The lowest BCUT2D eigenvalue weighted by molar-refractivity contribution is 0.394. The summed E-state index contributed by atoms with van der Waals surface area (Å²) in [4.78, 5) is 0. The molecule has 5 heteroatoms. The van der Waals surface area contributed by atoms with Crippen LogP contribution in [-0.4, -0.2) is 33.3 Å². The van der Waals surface area contributed by atoms with Gasteiger partial charge in [-0.1, -0.05) is 12.8 Å². The number of sulfonamides is 1. The maximum absolute atomic E-state index is 11.1. The summed E-state index contributed by atoms with van der Waals surface area (Å²) in [6.07, 6.45) is 6.51. The third-order valence-corrected chi connectivity index (χ3v) is 3.86. The van der Waals surface area contributed by atoms with Gasteiger partial charge in [-0.15, -0.1) is 0 Å². The molecule has 0 saturated heterocycles. The van der Waals surface area contributed by atoms with Gasteiger partial charge in [-0.05, 0) is 39.2 Å². The lowest BCUT2D eigenvalue weighted by Crippen LogP contribution is -2.50. The Morgan fingerprint density at radius 1 is 1.25 bits per heavy atom. The molecule has 0 atom stereocenters. The molecule has 0 spiro atoms. The highest BCUT2D eigenvalue weighted by molar-refractivity contribution is 7.88. The van der Waals surface area contributed by atoms with E-state index < -0.39 is 15.6 Å². The summed E-state index contributed by atoms with van der Waals surface area (Å²) in [5.74, 6) is 0.786. The van der Waals surface area contributed by atoms with Crippen LogP contribution in [0.5, 0.6) is 0 Å². The third kappa shape index (κ3) is 5.82. The van der Waals surface area contributed by atoms with Crippen LogP contribution in [0.15, 0.2) is 0 Å². The van der Waals surface area contributed by atoms with Crippen LogP contribution in [0.3, 0.4) is 0 Å². The summed E-state index contributed by atoms with van der Waals surface area (Å²) in [6.45, 7) is 5.48. The molecule has 1 fully saturated rings. The lowest BCUT2D eigenvalue weighted by atomic mass is 10.1. The first-order valence-electron chi connectivity index (χ1n) is 5.98. The zero-order valence-corrected chi connectivity index (χ0v) is 11.4. The zero-order valence-electron chi connectivity index (χ0n) is 10.5. The molecule has 0 aliphatic heterocycles. The average Bonchev–Trinajstić information content (AvgIpc) is 2.51. The summed E-state index contributed by atoms with van der Waals surface area (Å²) in [6, 6.07) is 0. The highest BCUT2D eigenvalue weighted by Crippen LogP contribution is 2.23. The van der Waals surface area contributed by atoms with Gasteiger partial charge in [-0.2, -0.15) is 0 Å². The van der Waals surface area contributed by atoms with Gasteiger partial charge in [0.25, 0.3) is 0 Å². The first kappa shape index (κ1) is 13.9. The standard InChI is InChI=1S/C11H24N2O2S/c1-11(2,13-16(3,14)15)9-12-8-10-6-4-5-7-10/h10,12-13H,4-9H2,1-3H3. The minimum atomic E-state index is -3.12. The Kier molecular flexibility index (Phi) is 4.76. The number of hydrogen-bond acceptors (Lipinski definition) is 3. The minimum Gasteiger partial charge on any atom is -0.315 e. The fourth-order valence-electron chi connectivity index (χ4n) is 2.34. The van der Waals surface area contributed by atoms with E-state index in [-0.39, 0.29) is 0 Å². The fourth-order valence-corrected chi connectivity index (χ4v) is 3.42. The highest BCUT2D eigenvalue weighted by atomic mass is 32.2. The molecule has 0 aromatic carbocycles. The van der Waals surface area contributed by atoms with E-state index in [1.807, 2.05) is 13.8 Å². The third-order valence-electron chi connectivity index (χ3n) is 2.94. The van der Waals surface area contributed by atoms with E-state index in [0.717, 1.165) is 12.5 Å². The van der Waals surface area contributed by atoms with Crippen LogP contribution in [0, 0.1) is 5.92 Å². The topological polar surface area (TPSA) is 58.2 Å². The van der Waals surface area contributed by atoms with Gasteiger partial charge in [0.05, 0.1) is 6.26 Å². The summed E-state index contributed by atoms with van der Waals surface area (Å²) < 4.78 is 24.9. The first-order valence-corrected chi connectivity index (χ1v) is 7.87. The van der Waals surface area contributed by atoms with Crippen LogP contribution in [0.2, 0.25) is 0 Å². The van der Waals surface area contributed by atoms with Gasteiger partial charge in [0.1, 0.15) is 0 Å². The molecule has 96 valence electrons. The van der Waals surface area contributed by atoms with Crippen molar-refractivity contribution in [2.75, 3.05) is 19.3 Å². The minimum absolute atomic E-state index is 0.411. The molecule has 0 radical (unpaired) electrons. The molecule has 0 heterocycles. The van der Waals surface area contributed by atoms with Crippen LogP contribution < -0.4 is 10.0 Å². The summed E-state index contributed by atoms with van der Waals surface area (Å²) in [5.41, 5.74) is -0.411. The highest BCUT2D eigenvalue weighted by Gasteiger charge is 2.22. The molecule has 16 heavy (non-hydrogen) atoms. The van der Waals surface area contributed by atoms with E-state index in [9.17, 15) is 8.42 Å². The van der Waals surface area contributed by atoms with E-state index in [2.05, 4.69) is 10.0 Å². The predicted molar refractivity (Wildman–Crippen MR) is 66.9 cm³/mol. The molecule has 0 unspecified atom stereocenters. The molecule has 0 aromatic heterocycles. The number of hydrogen-bond donors (Lipinski definition) is 2. The molecule has 1 aliphatic rings. The van der Waals surface area contributed by atoms with Gasteiger partial charge in [-0.3, -0.25) is 0 Å². The lowest BCUT2D eigenvalue weighted by Gasteiger charge is -2.26. The van der Waals surface area contributed by atoms with E-state index >= 15 is 0 Å². The van der Waals surface area contributed by atoms with E-state index in [0.29, 0.717) is 6.54 Å². The second kappa shape index (κ2) is 5.47. The normalized spacial score (nSPS) is 19.2. The molecule has 1 rings (SSSR count).